The summed E-state index contributed by atoms with van der Waals surface area (Å²) in [4.78, 5) is 16.4. The fraction of sp³-hybridized carbons (Fsp3) is 0.412. The molecule has 23 heavy (non-hydrogen) atoms. The number of nitrogens with one attached hydrogen (secondary N) is 1. The largest absolute Gasteiger partial charge is 0.491 e. The van der Waals surface area contributed by atoms with Crippen molar-refractivity contribution >= 4 is 22.9 Å². The molecule has 2 heterocycles. The van der Waals surface area contributed by atoms with Gasteiger partial charge in [-0.15, -0.1) is 11.3 Å². The number of ether oxygens (including phenoxy) is 2. The molecule has 0 spiro atoms. The van der Waals surface area contributed by atoms with E-state index in [9.17, 15) is 4.79 Å². The van der Waals surface area contributed by atoms with Crippen molar-refractivity contribution in [3.05, 3.63) is 40.3 Å². The van der Waals surface area contributed by atoms with Crippen molar-refractivity contribution in [3.8, 4) is 5.75 Å². The lowest BCUT2D eigenvalue weighted by Gasteiger charge is -2.12. The summed E-state index contributed by atoms with van der Waals surface area (Å²) in [6, 6.07) is 7.43. The molecule has 2 aromatic rings. The Labute approximate surface area is 139 Å². The van der Waals surface area contributed by atoms with Crippen LogP contribution in [0.15, 0.2) is 29.6 Å². The monoisotopic (exact) mass is 332 g/mol. The molecule has 1 aromatic carbocycles. The lowest BCUT2D eigenvalue weighted by molar-refractivity contribution is -0.115. The number of benzene rings is 1. The van der Waals surface area contributed by atoms with Gasteiger partial charge in [-0.2, -0.15) is 0 Å². The Balaban J connectivity index is 1.53. The minimum Gasteiger partial charge on any atom is -0.491 e. The van der Waals surface area contributed by atoms with Gasteiger partial charge in [0.2, 0.25) is 5.91 Å². The van der Waals surface area contributed by atoms with Gasteiger partial charge in [-0.3, -0.25) is 4.79 Å². The van der Waals surface area contributed by atoms with Crippen LogP contribution in [0.25, 0.3) is 0 Å². The zero-order chi connectivity index (χ0) is 16.1. The summed E-state index contributed by atoms with van der Waals surface area (Å²) in [5.74, 6) is 0.661. The number of nitrogens with zero attached hydrogens (tertiary/aromatic N) is 1. The highest BCUT2D eigenvalue weighted by Crippen LogP contribution is 2.20. The third-order valence-electron chi connectivity index (χ3n) is 3.59. The van der Waals surface area contributed by atoms with Crippen molar-refractivity contribution in [1.82, 2.24) is 4.98 Å². The minimum atomic E-state index is -0.0772. The molecule has 1 atom stereocenters. The molecule has 1 N–H and O–H groups in total. The maximum absolute atomic E-state index is 12.1. The Morgan fingerprint density at radius 2 is 2.43 bits per heavy atom. The zero-order valence-corrected chi connectivity index (χ0v) is 13.9. The Morgan fingerprint density at radius 3 is 3.17 bits per heavy atom. The van der Waals surface area contributed by atoms with Gasteiger partial charge in [0.25, 0.3) is 0 Å². The van der Waals surface area contributed by atoms with Gasteiger partial charge in [-0.25, -0.2) is 4.98 Å². The van der Waals surface area contributed by atoms with Crippen molar-refractivity contribution in [2.45, 2.75) is 32.3 Å². The van der Waals surface area contributed by atoms with Crippen LogP contribution < -0.4 is 10.1 Å². The van der Waals surface area contributed by atoms with Gasteiger partial charge in [0.15, 0.2) is 0 Å². The fourth-order valence-electron chi connectivity index (χ4n) is 2.49. The van der Waals surface area contributed by atoms with E-state index >= 15 is 0 Å². The van der Waals surface area contributed by atoms with Crippen molar-refractivity contribution < 1.29 is 14.3 Å². The number of thiazole rings is 1. The van der Waals surface area contributed by atoms with E-state index in [1.54, 1.807) is 11.3 Å². The van der Waals surface area contributed by atoms with Crippen LogP contribution in [0.3, 0.4) is 0 Å². The normalized spacial score (nSPS) is 17.2. The molecule has 1 aliphatic heterocycles. The first-order chi connectivity index (χ1) is 11.2. The summed E-state index contributed by atoms with van der Waals surface area (Å²) in [6.45, 7) is 3.30. The van der Waals surface area contributed by atoms with Crippen LogP contribution >= 0.6 is 11.3 Å². The van der Waals surface area contributed by atoms with Crippen LogP contribution in [0.4, 0.5) is 5.69 Å². The van der Waals surface area contributed by atoms with E-state index in [1.807, 2.05) is 36.6 Å². The number of aryl methyl sites for hydroxylation is 1. The standard InChI is InChI=1S/C17H20N2O3S/c1-12-18-14(11-23-12)9-17(20)19-13-4-2-5-15(8-13)22-10-16-6-3-7-21-16/h2,4-5,8,11,16H,3,6-7,9-10H2,1H3,(H,19,20). The number of amides is 1. The van der Waals surface area contributed by atoms with E-state index in [1.165, 1.54) is 0 Å². The smallest absolute Gasteiger partial charge is 0.230 e. The van der Waals surface area contributed by atoms with E-state index in [4.69, 9.17) is 9.47 Å². The summed E-state index contributed by atoms with van der Waals surface area (Å²) in [5, 5.41) is 5.76. The predicted octanol–water partition coefficient (Wildman–Crippen LogP) is 3.19. The first kappa shape index (κ1) is 16.0. The number of hydrogen-bond acceptors (Lipinski definition) is 5. The van der Waals surface area contributed by atoms with E-state index in [2.05, 4.69) is 10.3 Å². The van der Waals surface area contributed by atoms with Crippen LogP contribution in [0.5, 0.6) is 5.75 Å². The van der Waals surface area contributed by atoms with Gasteiger partial charge >= 0.3 is 0 Å². The molecular weight excluding hydrogens is 312 g/mol. The van der Waals surface area contributed by atoms with Crippen LogP contribution in [0.2, 0.25) is 0 Å². The Bertz CT molecular complexity index is 665. The van der Waals surface area contributed by atoms with Crippen molar-refractivity contribution in [2.75, 3.05) is 18.5 Å². The average Bonchev–Trinajstić information content (AvgIpc) is 3.17. The Kier molecular flexibility index (Phi) is 5.25. The lowest BCUT2D eigenvalue weighted by Crippen LogP contribution is -2.17. The highest BCUT2D eigenvalue weighted by atomic mass is 32.1. The van der Waals surface area contributed by atoms with Crippen LogP contribution in [0, 0.1) is 6.92 Å². The van der Waals surface area contributed by atoms with Gasteiger partial charge < -0.3 is 14.8 Å². The molecule has 6 heteroatoms. The number of anilines is 1. The molecule has 0 aliphatic carbocycles. The van der Waals surface area contributed by atoms with E-state index in [0.717, 1.165) is 41.6 Å². The molecule has 0 saturated carbocycles. The molecular formula is C17H20N2O3S. The van der Waals surface area contributed by atoms with Gasteiger partial charge in [-0.1, -0.05) is 6.07 Å². The fourth-order valence-corrected chi connectivity index (χ4v) is 3.10. The molecule has 1 amide bonds. The highest BCUT2D eigenvalue weighted by molar-refractivity contribution is 7.09. The number of carbonyl (C=O) groups is 1. The SMILES string of the molecule is Cc1nc(CC(=O)Nc2cccc(OCC3CCCO3)c2)cs1. The van der Waals surface area contributed by atoms with Crippen molar-refractivity contribution in [3.63, 3.8) is 0 Å². The zero-order valence-electron chi connectivity index (χ0n) is 13.1. The molecule has 0 bridgehead atoms. The molecule has 0 radical (unpaired) electrons. The molecule has 5 nitrogen and oxygen atoms in total. The molecule has 1 unspecified atom stereocenters. The van der Waals surface area contributed by atoms with Crippen LogP contribution in [-0.4, -0.2) is 30.2 Å². The summed E-state index contributed by atoms with van der Waals surface area (Å²) < 4.78 is 11.3. The van der Waals surface area contributed by atoms with Gasteiger partial charge in [0.05, 0.1) is 23.2 Å². The van der Waals surface area contributed by atoms with E-state index in [-0.39, 0.29) is 18.4 Å². The van der Waals surface area contributed by atoms with E-state index < -0.39 is 0 Å². The quantitative estimate of drug-likeness (QED) is 0.882. The number of hydrogen-bond donors (Lipinski definition) is 1. The topological polar surface area (TPSA) is 60.5 Å². The first-order valence-electron chi connectivity index (χ1n) is 7.74. The highest BCUT2D eigenvalue weighted by Gasteiger charge is 2.16. The molecule has 1 saturated heterocycles. The third-order valence-corrected chi connectivity index (χ3v) is 4.41. The number of aromatic nitrogens is 1. The second kappa shape index (κ2) is 7.57. The molecule has 3 rings (SSSR count). The minimum absolute atomic E-state index is 0.0772. The number of carbonyl (C=O) groups excluding carboxylic acids is 1. The first-order valence-corrected chi connectivity index (χ1v) is 8.62. The summed E-state index contributed by atoms with van der Waals surface area (Å²) >= 11 is 1.55. The van der Waals surface area contributed by atoms with Crippen LogP contribution in [-0.2, 0) is 16.0 Å². The number of rotatable bonds is 6. The van der Waals surface area contributed by atoms with E-state index in [0.29, 0.717) is 6.61 Å². The molecule has 1 fully saturated rings. The average molecular weight is 332 g/mol. The molecule has 1 aromatic heterocycles. The summed E-state index contributed by atoms with van der Waals surface area (Å²) in [5.41, 5.74) is 1.53. The van der Waals surface area contributed by atoms with Crippen molar-refractivity contribution in [1.29, 1.82) is 0 Å². The second-order valence-corrected chi connectivity index (χ2v) is 6.62. The Hall–Kier alpha value is -1.92. The maximum atomic E-state index is 12.1. The van der Waals surface area contributed by atoms with Gasteiger partial charge in [0.1, 0.15) is 12.4 Å². The Morgan fingerprint density at radius 1 is 1.52 bits per heavy atom. The maximum Gasteiger partial charge on any atom is 0.230 e. The predicted molar refractivity (Wildman–Crippen MR) is 90.1 cm³/mol. The second-order valence-electron chi connectivity index (χ2n) is 5.56. The van der Waals surface area contributed by atoms with Gasteiger partial charge in [0, 0.05) is 23.7 Å². The lowest BCUT2D eigenvalue weighted by atomic mass is 10.2. The summed E-state index contributed by atoms with van der Waals surface area (Å²) in [6.07, 6.45) is 2.61. The van der Waals surface area contributed by atoms with Crippen molar-refractivity contribution in [2.24, 2.45) is 0 Å². The molecule has 122 valence electrons. The molecule has 1 aliphatic rings. The third kappa shape index (κ3) is 4.77. The van der Waals surface area contributed by atoms with Gasteiger partial charge in [-0.05, 0) is 31.9 Å². The van der Waals surface area contributed by atoms with Crippen LogP contribution in [0.1, 0.15) is 23.5 Å². The summed E-state index contributed by atoms with van der Waals surface area (Å²) in [7, 11) is 0.